The molecule has 0 unspecified atom stereocenters. The third-order valence-corrected chi connectivity index (χ3v) is 0.763. The van der Waals surface area contributed by atoms with Crippen LogP contribution < -0.4 is 0 Å². The van der Waals surface area contributed by atoms with Crippen LogP contribution in [0.2, 0.25) is 0 Å². The summed E-state index contributed by atoms with van der Waals surface area (Å²) in [5.74, 6) is 0. The summed E-state index contributed by atoms with van der Waals surface area (Å²) in [5.41, 5.74) is 0. The van der Waals surface area contributed by atoms with Crippen LogP contribution in [0.15, 0.2) is 0 Å². The minimum Gasteiger partial charge on any atom is -0.365 e. The standard InChI is InChI=1S/C5H11N.2W/c1-4-6(3)5-2;;/h1-2,4-5H2,3H3;;/q-2;;. The first kappa shape index (κ1) is 16.2. The van der Waals surface area contributed by atoms with Gasteiger partial charge in [0.25, 0.3) is 0 Å². The zero-order chi connectivity index (χ0) is 4.99. The average Bonchev–Trinajstić information content (AvgIpc) is 1.65. The van der Waals surface area contributed by atoms with Crippen molar-refractivity contribution in [3.63, 3.8) is 0 Å². The van der Waals surface area contributed by atoms with E-state index in [9.17, 15) is 0 Å². The van der Waals surface area contributed by atoms with E-state index >= 15 is 0 Å². The van der Waals surface area contributed by atoms with Gasteiger partial charge in [0.1, 0.15) is 0 Å². The van der Waals surface area contributed by atoms with Crippen LogP contribution in [0.1, 0.15) is 0 Å². The minimum absolute atomic E-state index is 0. The molecule has 0 fully saturated rings. The van der Waals surface area contributed by atoms with Gasteiger partial charge in [0.15, 0.2) is 0 Å². The Balaban J connectivity index is -0.000000125. The summed E-state index contributed by atoms with van der Waals surface area (Å²) in [6, 6.07) is 0. The van der Waals surface area contributed by atoms with Gasteiger partial charge in [-0.05, 0) is 7.05 Å². The molecule has 3 heteroatoms. The fourth-order valence-corrected chi connectivity index (χ4v) is 0.112. The van der Waals surface area contributed by atoms with Crippen molar-refractivity contribution in [2.45, 2.75) is 0 Å². The molecule has 50 valence electrons. The van der Waals surface area contributed by atoms with Gasteiger partial charge in [-0.15, -0.1) is 13.1 Å². The van der Waals surface area contributed by atoms with E-state index in [1.807, 2.05) is 11.9 Å². The van der Waals surface area contributed by atoms with Gasteiger partial charge >= 0.3 is 0 Å². The Morgan fingerprint density at radius 2 is 1.38 bits per heavy atom. The molecule has 0 aliphatic heterocycles. The van der Waals surface area contributed by atoms with Crippen LogP contribution in [0.3, 0.4) is 0 Å². The molecule has 0 rings (SSSR count). The summed E-state index contributed by atoms with van der Waals surface area (Å²) < 4.78 is 0. The molecule has 0 radical (unpaired) electrons. The van der Waals surface area contributed by atoms with E-state index in [1.165, 1.54) is 0 Å². The Bertz CT molecular complexity index is 29.6. The fourth-order valence-electron chi connectivity index (χ4n) is 0.112. The van der Waals surface area contributed by atoms with E-state index in [-0.39, 0.29) is 42.1 Å². The first-order chi connectivity index (χ1) is 2.81. The summed E-state index contributed by atoms with van der Waals surface area (Å²) in [4.78, 5) is 2.03. The van der Waals surface area contributed by atoms with E-state index in [2.05, 4.69) is 13.8 Å². The van der Waals surface area contributed by atoms with Crippen molar-refractivity contribution < 1.29 is 42.1 Å². The van der Waals surface area contributed by atoms with Gasteiger partial charge in [0.05, 0.1) is 0 Å². The van der Waals surface area contributed by atoms with Gasteiger partial charge in [0.2, 0.25) is 0 Å². The molecule has 0 N–H and O–H groups in total. The molecular weight excluding hydrogens is 442 g/mol. The monoisotopic (exact) mass is 453 g/mol. The molecule has 0 aliphatic rings. The second kappa shape index (κ2) is 11.2. The van der Waals surface area contributed by atoms with Gasteiger partial charge in [-0.2, -0.15) is 0 Å². The van der Waals surface area contributed by atoms with E-state index in [1.54, 1.807) is 0 Å². The summed E-state index contributed by atoms with van der Waals surface area (Å²) in [6.07, 6.45) is 0. The molecule has 0 saturated carbocycles. The Kier molecular flexibility index (Phi) is 22.6. The average molecular weight is 453 g/mol. The van der Waals surface area contributed by atoms with Crippen LogP contribution in [-0.2, 0) is 42.1 Å². The van der Waals surface area contributed by atoms with Crippen molar-refractivity contribution >= 4 is 0 Å². The topological polar surface area (TPSA) is 3.24 Å². The van der Waals surface area contributed by atoms with Crippen LogP contribution >= 0.6 is 0 Å². The van der Waals surface area contributed by atoms with Crippen molar-refractivity contribution in [1.29, 1.82) is 0 Å². The van der Waals surface area contributed by atoms with Crippen molar-refractivity contribution in [3.8, 4) is 0 Å². The van der Waals surface area contributed by atoms with E-state index in [0.717, 1.165) is 13.1 Å². The molecule has 1 nitrogen and oxygen atoms in total. The predicted octanol–water partition coefficient (Wildman–Crippen LogP) is 0.581. The molecular formula is C5H11NW2-2. The maximum Gasteiger partial charge on any atom is 0 e. The van der Waals surface area contributed by atoms with Crippen LogP contribution in [0.25, 0.3) is 0 Å². The van der Waals surface area contributed by atoms with E-state index in [4.69, 9.17) is 0 Å². The number of nitrogens with zero attached hydrogens (tertiary/aromatic N) is 1. The molecule has 0 bridgehead atoms. The molecule has 8 heavy (non-hydrogen) atoms. The third-order valence-electron chi connectivity index (χ3n) is 0.763. The molecule has 0 spiro atoms. The molecule has 0 amide bonds. The second-order valence-corrected chi connectivity index (χ2v) is 1.30. The summed E-state index contributed by atoms with van der Waals surface area (Å²) in [5, 5.41) is 0. The van der Waals surface area contributed by atoms with E-state index in [0.29, 0.717) is 0 Å². The quantitative estimate of drug-likeness (QED) is 0.554. The molecule has 0 heterocycles. The van der Waals surface area contributed by atoms with Crippen molar-refractivity contribution in [1.82, 2.24) is 4.90 Å². The fraction of sp³-hybridized carbons (Fsp3) is 0.600. The zero-order valence-corrected chi connectivity index (χ0v) is 11.0. The van der Waals surface area contributed by atoms with Crippen molar-refractivity contribution in [2.24, 2.45) is 0 Å². The Morgan fingerprint density at radius 3 is 1.38 bits per heavy atom. The molecule has 0 aliphatic carbocycles. The van der Waals surface area contributed by atoms with Gasteiger partial charge in [-0.25, -0.2) is 0 Å². The van der Waals surface area contributed by atoms with Crippen molar-refractivity contribution in [2.75, 3.05) is 20.1 Å². The van der Waals surface area contributed by atoms with Crippen LogP contribution in [-0.4, -0.2) is 25.0 Å². The maximum absolute atomic E-state index is 3.64. The van der Waals surface area contributed by atoms with Gasteiger partial charge in [-0.3, -0.25) is 0 Å². The molecule has 0 saturated heterocycles. The normalized spacial score (nSPS) is 7.50. The van der Waals surface area contributed by atoms with Gasteiger partial charge in [-0.1, -0.05) is 0 Å². The van der Waals surface area contributed by atoms with Crippen LogP contribution in [0.5, 0.6) is 0 Å². The van der Waals surface area contributed by atoms with Gasteiger partial charge < -0.3 is 18.7 Å². The smallest absolute Gasteiger partial charge is 0 e. The molecule has 0 aromatic carbocycles. The third kappa shape index (κ3) is 10.3. The first-order valence-electron chi connectivity index (χ1n) is 2.08. The Labute approximate surface area is 80.7 Å². The number of hydrogen-bond donors (Lipinski definition) is 0. The predicted molar refractivity (Wildman–Crippen MR) is 28.2 cm³/mol. The second-order valence-electron chi connectivity index (χ2n) is 1.30. The molecule has 0 aromatic rings. The Hall–Kier alpha value is 1.34. The molecule has 0 aromatic heterocycles. The van der Waals surface area contributed by atoms with Crippen LogP contribution in [0, 0.1) is 13.8 Å². The molecule has 0 atom stereocenters. The SMILES string of the molecule is [CH2-]CN(C)C[CH2-].[W].[W]. The maximum atomic E-state index is 3.64. The largest absolute Gasteiger partial charge is 0.365 e. The van der Waals surface area contributed by atoms with Crippen LogP contribution in [0.4, 0.5) is 0 Å². The number of hydrogen-bond acceptors (Lipinski definition) is 1. The van der Waals surface area contributed by atoms with Gasteiger partial charge in [0, 0.05) is 42.1 Å². The Morgan fingerprint density at radius 1 is 1.12 bits per heavy atom. The summed E-state index contributed by atoms with van der Waals surface area (Å²) >= 11 is 0. The number of rotatable bonds is 2. The van der Waals surface area contributed by atoms with E-state index < -0.39 is 0 Å². The summed E-state index contributed by atoms with van der Waals surface area (Å²) in [7, 11) is 1.99. The van der Waals surface area contributed by atoms with Crippen molar-refractivity contribution in [3.05, 3.63) is 13.8 Å². The zero-order valence-electron chi connectivity index (χ0n) is 5.09. The summed E-state index contributed by atoms with van der Waals surface area (Å²) in [6.45, 7) is 8.99. The first-order valence-corrected chi connectivity index (χ1v) is 2.08. The minimum atomic E-state index is 0.